The van der Waals surface area contributed by atoms with Crippen LogP contribution in [-0.4, -0.2) is 27.7 Å². The van der Waals surface area contributed by atoms with Gasteiger partial charge < -0.3 is 5.32 Å². The molecule has 1 amide bonds. The smallest absolute Gasteiger partial charge is 0.353 e. The van der Waals surface area contributed by atoms with Gasteiger partial charge in [0.2, 0.25) is 5.91 Å². The number of rotatable bonds is 5. The zero-order valence-corrected chi connectivity index (χ0v) is 14.8. The highest BCUT2D eigenvalue weighted by atomic mass is 19.4. The molecule has 1 aromatic heterocycles. The van der Waals surface area contributed by atoms with Crippen LogP contribution in [0.4, 0.5) is 13.2 Å². The predicted molar refractivity (Wildman–Crippen MR) is 95.2 cm³/mol. The summed E-state index contributed by atoms with van der Waals surface area (Å²) in [5, 5.41) is 3.23. The van der Waals surface area contributed by atoms with Crippen LogP contribution in [0.5, 0.6) is 0 Å². The fourth-order valence-corrected chi connectivity index (χ4v) is 3.59. The summed E-state index contributed by atoms with van der Waals surface area (Å²) < 4.78 is 40.0. The zero-order chi connectivity index (χ0) is 19.4. The molecule has 2 atom stereocenters. The molecule has 5 nitrogen and oxygen atoms in total. The molecule has 2 aromatic rings. The van der Waals surface area contributed by atoms with Gasteiger partial charge in [0, 0.05) is 19.0 Å². The van der Waals surface area contributed by atoms with Crippen LogP contribution in [0.1, 0.15) is 38.5 Å². The molecule has 0 saturated heterocycles. The molecule has 1 aliphatic rings. The van der Waals surface area contributed by atoms with Crippen molar-refractivity contribution in [1.82, 2.24) is 14.9 Å². The van der Waals surface area contributed by atoms with Gasteiger partial charge in [0.25, 0.3) is 5.56 Å². The first kappa shape index (κ1) is 19.4. The van der Waals surface area contributed by atoms with Crippen LogP contribution < -0.4 is 10.9 Å². The van der Waals surface area contributed by atoms with Crippen molar-refractivity contribution in [1.29, 1.82) is 0 Å². The number of benzene rings is 1. The van der Waals surface area contributed by atoms with Crippen LogP contribution in [0.15, 0.2) is 35.4 Å². The fourth-order valence-electron chi connectivity index (χ4n) is 3.59. The first-order valence-corrected chi connectivity index (χ1v) is 9.15. The van der Waals surface area contributed by atoms with Gasteiger partial charge >= 0.3 is 6.18 Å². The Bertz CT molecular complexity index is 863. The van der Waals surface area contributed by atoms with Crippen molar-refractivity contribution in [2.75, 3.05) is 0 Å². The van der Waals surface area contributed by atoms with E-state index in [2.05, 4.69) is 10.3 Å². The van der Waals surface area contributed by atoms with Crippen LogP contribution in [0, 0.1) is 5.92 Å². The molecule has 1 N–H and O–H groups in total. The summed E-state index contributed by atoms with van der Waals surface area (Å²) in [5.74, 6) is -1.61. The monoisotopic (exact) mass is 381 g/mol. The van der Waals surface area contributed by atoms with E-state index in [-0.39, 0.29) is 30.7 Å². The number of fused-ring (bicyclic) bond motifs is 1. The minimum atomic E-state index is -4.20. The van der Waals surface area contributed by atoms with Gasteiger partial charge in [0.05, 0.1) is 23.1 Å². The Morgan fingerprint density at radius 1 is 1.26 bits per heavy atom. The van der Waals surface area contributed by atoms with Crippen molar-refractivity contribution in [3.63, 3.8) is 0 Å². The maximum absolute atomic E-state index is 12.8. The Labute approximate surface area is 154 Å². The largest absolute Gasteiger partial charge is 0.391 e. The molecule has 1 aliphatic carbocycles. The van der Waals surface area contributed by atoms with Gasteiger partial charge in [-0.3, -0.25) is 14.2 Å². The number of aryl methyl sites for hydroxylation is 1. The molecule has 1 aromatic carbocycles. The molecular formula is C19H22F3N3O2. The summed E-state index contributed by atoms with van der Waals surface area (Å²) in [7, 11) is 0. The Balaban J connectivity index is 1.50. The Morgan fingerprint density at radius 2 is 2.04 bits per heavy atom. The van der Waals surface area contributed by atoms with Crippen molar-refractivity contribution in [2.45, 2.75) is 57.3 Å². The molecule has 1 saturated carbocycles. The van der Waals surface area contributed by atoms with Crippen molar-refractivity contribution in [2.24, 2.45) is 5.92 Å². The summed E-state index contributed by atoms with van der Waals surface area (Å²) >= 11 is 0. The Kier molecular flexibility index (Phi) is 5.82. The molecule has 0 spiro atoms. The van der Waals surface area contributed by atoms with E-state index in [4.69, 9.17) is 0 Å². The first-order valence-electron chi connectivity index (χ1n) is 9.15. The van der Waals surface area contributed by atoms with Crippen molar-refractivity contribution >= 4 is 16.8 Å². The maximum atomic E-state index is 12.8. The standard InChI is InChI=1S/C19H22F3N3O2/c20-19(21,22)13-5-3-6-14(11-13)24-17(26)9-4-10-25-12-23-16-8-2-1-7-15(16)18(25)27/h1-2,7-8,12-14H,3-6,9-11H2,(H,24,26). The molecule has 8 heteroatoms. The number of aromatic nitrogens is 2. The third-order valence-electron chi connectivity index (χ3n) is 5.04. The van der Waals surface area contributed by atoms with Gasteiger partial charge in [-0.05, 0) is 37.8 Å². The van der Waals surface area contributed by atoms with Crippen LogP contribution in [-0.2, 0) is 11.3 Å². The lowest BCUT2D eigenvalue weighted by Gasteiger charge is -2.31. The number of nitrogens with zero attached hydrogens (tertiary/aromatic N) is 2. The highest BCUT2D eigenvalue weighted by molar-refractivity contribution is 5.77. The lowest BCUT2D eigenvalue weighted by molar-refractivity contribution is -0.184. The van der Waals surface area contributed by atoms with Gasteiger partial charge in [-0.15, -0.1) is 0 Å². The summed E-state index contributed by atoms with van der Waals surface area (Å²) in [4.78, 5) is 28.6. The number of carbonyl (C=O) groups excluding carboxylic acids is 1. The maximum Gasteiger partial charge on any atom is 0.391 e. The highest BCUT2D eigenvalue weighted by Gasteiger charge is 2.42. The SMILES string of the molecule is O=C(CCCn1cnc2ccccc2c1=O)NC1CCCC(C(F)(F)F)C1. The van der Waals surface area contributed by atoms with E-state index in [1.165, 1.54) is 10.9 Å². The predicted octanol–water partition coefficient (Wildman–Crippen LogP) is 3.41. The number of carbonyl (C=O) groups is 1. The fraction of sp³-hybridized carbons (Fsp3) is 0.526. The summed E-state index contributed by atoms with van der Waals surface area (Å²) in [5.41, 5.74) is 0.453. The van der Waals surface area contributed by atoms with E-state index < -0.39 is 18.1 Å². The summed E-state index contributed by atoms with van der Waals surface area (Å²) in [6, 6.07) is 6.60. The summed E-state index contributed by atoms with van der Waals surface area (Å²) in [6.45, 7) is 0.333. The molecule has 0 bridgehead atoms. The molecule has 2 unspecified atom stereocenters. The molecule has 3 rings (SSSR count). The molecule has 1 heterocycles. The second-order valence-corrected chi connectivity index (χ2v) is 7.03. The van der Waals surface area contributed by atoms with Crippen LogP contribution >= 0.6 is 0 Å². The summed E-state index contributed by atoms with van der Waals surface area (Å²) in [6.07, 6.45) is -1.05. The lowest BCUT2D eigenvalue weighted by Crippen LogP contribution is -2.41. The number of hydrogen-bond acceptors (Lipinski definition) is 3. The average Bonchev–Trinajstić information content (AvgIpc) is 2.63. The third-order valence-corrected chi connectivity index (χ3v) is 5.04. The number of hydrogen-bond donors (Lipinski definition) is 1. The van der Waals surface area contributed by atoms with E-state index in [9.17, 15) is 22.8 Å². The second kappa shape index (κ2) is 8.10. The molecule has 146 valence electrons. The molecule has 0 radical (unpaired) electrons. The van der Waals surface area contributed by atoms with E-state index >= 15 is 0 Å². The normalized spacial score (nSPS) is 20.6. The average molecular weight is 381 g/mol. The molecule has 1 fully saturated rings. The van der Waals surface area contributed by atoms with Crippen molar-refractivity contribution in [3.05, 3.63) is 40.9 Å². The first-order chi connectivity index (χ1) is 12.8. The van der Waals surface area contributed by atoms with E-state index in [1.807, 2.05) is 0 Å². The van der Waals surface area contributed by atoms with Gasteiger partial charge in [-0.1, -0.05) is 18.6 Å². The molecule has 27 heavy (non-hydrogen) atoms. The number of amides is 1. The van der Waals surface area contributed by atoms with Crippen molar-refractivity contribution < 1.29 is 18.0 Å². The highest BCUT2D eigenvalue weighted by Crippen LogP contribution is 2.37. The van der Waals surface area contributed by atoms with Gasteiger partial charge in [-0.2, -0.15) is 13.2 Å². The van der Waals surface area contributed by atoms with Gasteiger partial charge in [0.1, 0.15) is 0 Å². The number of halogens is 3. The quantitative estimate of drug-likeness (QED) is 0.863. The van der Waals surface area contributed by atoms with Crippen LogP contribution in [0.3, 0.4) is 0 Å². The van der Waals surface area contributed by atoms with E-state index in [0.717, 1.165) is 0 Å². The Morgan fingerprint density at radius 3 is 2.81 bits per heavy atom. The van der Waals surface area contributed by atoms with Crippen LogP contribution in [0.25, 0.3) is 10.9 Å². The van der Waals surface area contributed by atoms with Gasteiger partial charge in [-0.25, -0.2) is 4.98 Å². The number of para-hydroxylation sites is 1. The number of nitrogens with one attached hydrogen (secondary N) is 1. The number of alkyl halides is 3. The van der Waals surface area contributed by atoms with E-state index in [1.54, 1.807) is 24.3 Å². The second-order valence-electron chi connectivity index (χ2n) is 7.03. The Hall–Kier alpha value is -2.38. The topological polar surface area (TPSA) is 64.0 Å². The van der Waals surface area contributed by atoms with Crippen molar-refractivity contribution in [3.8, 4) is 0 Å². The van der Waals surface area contributed by atoms with Crippen LogP contribution in [0.2, 0.25) is 0 Å². The minimum Gasteiger partial charge on any atom is -0.353 e. The lowest BCUT2D eigenvalue weighted by atomic mass is 9.85. The molecule has 0 aliphatic heterocycles. The third kappa shape index (κ3) is 4.87. The van der Waals surface area contributed by atoms with Gasteiger partial charge in [0.15, 0.2) is 0 Å². The zero-order valence-electron chi connectivity index (χ0n) is 14.8. The molecular weight excluding hydrogens is 359 g/mol. The van der Waals surface area contributed by atoms with E-state index in [0.29, 0.717) is 36.7 Å². The minimum absolute atomic E-state index is 0.0523.